The fourth-order valence-corrected chi connectivity index (χ4v) is 4.67. The largest absolute Gasteiger partial charge is 0.381 e. The van der Waals surface area contributed by atoms with E-state index in [1.165, 1.54) is 0 Å². The van der Waals surface area contributed by atoms with E-state index in [4.69, 9.17) is 4.74 Å². The van der Waals surface area contributed by atoms with Crippen molar-refractivity contribution in [3.8, 4) is 0 Å². The fourth-order valence-electron chi connectivity index (χ4n) is 4.67. The molecule has 2 atom stereocenters. The predicted octanol–water partition coefficient (Wildman–Crippen LogP) is 0.907. The van der Waals surface area contributed by atoms with Crippen molar-refractivity contribution in [2.75, 3.05) is 51.3 Å². The number of hydrogen-bond donors (Lipinski definition) is 1. The predicted molar refractivity (Wildman–Crippen MR) is 97.0 cm³/mol. The van der Waals surface area contributed by atoms with Gasteiger partial charge in [-0.3, -0.25) is 14.6 Å². The fraction of sp³-hybridized carbons (Fsp3) is 0.632. The highest BCUT2D eigenvalue weighted by Crippen LogP contribution is 2.43. The van der Waals surface area contributed by atoms with Crippen LogP contribution in [0.25, 0.3) is 0 Å². The van der Waals surface area contributed by atoms with E-state index in [1.54, 1.807) is 25.5 Å². The first-order valence-corrected chi connectivity index (χ1v) is 9.44. The molecule has 3 aliphatic rings. The van der Waals surface area contributed by atoms with Gasteiger partial charge in [-0.15, -0.1) is 0 Å². The van der Waals surface area contributed by atoms with Crippen LogP contribution in [0, 0.1) is 11.3 Å². The number of amides is 2. The Labute approximate surface area is 153 Å². The molecule has 1 aromatic rings. The van der Waals surface area contributed by atoms with E-state index in [9.17, 15) is 9.59 Å². The van der Waals surface area contributed by atoms with E-state index in [-0.39, 0.29) is 17.7 Å². The monoisotopic (exact) mass is 358 g/mol. The third kappa shape index (κ3) is 2.74. The molecule has 3 fully saturated rings. The number of ether oxygens (including phenoxy) is 1. The zero-order valence-corrected chi connectivity index (χ0v) is 15.2. The summed E-state index contributed by atoms with van der Waals surface area (Å²) in [5, 5.41) is 2.80. The standard InChI is InChI=1S/C19H26N4O3/c1-20-18(25)19-5-9-26-12-14(19)11-23(13-19)17(24)15-4-6-21-10-16(15)22-7-2-3-8-22/h4,6,10,14H,2-3,5,7-9,11-13H2,1H3,(H,20,25)/t14-,19+/m1/s1. The molecular formula is C19H26N4O3. The van der Waals surface area contributed by atoms with Crippen LogP contribution in [0.1, 0.15) is 29.6 Å². The maximum atomic E-state index is 13.3. The molecular weight excluding hydrogens is 332 g/mol. The van der Waals surface area contributed by atoms with Crippen molar-refractivity contribution in [3.63, 3.8) is 0 Å². The first-order valence-electron chi connectivity index (χ1n) is 9.44. The summed E-state index contributed by atoms with van der Waals surface area (Å²) < 4.78 is 5.61. The minimum absolute atomic E-state index is 0.00743. The molecule has 3 aliphatic heterocycles. The van der Waals surface area contributed by atoms with Gasteiger partial charge in [0.25, 0.3) is 5.91 Å². The van der Waals surface area contributed by atoms with Gasteiger partial charge < -0.3 is 19.9 Å². The van der Waals surface area contributed by atoms with E-state index in [0.717, 1.165) is 31.6 Å². The number of nitrogens with one attached hydrogen (secondary N) is 1. The van der Waals surface area contributed by atoms with Crippen LogP contribution < -0.4 is 10.2 Å². The second-order valence-electron chi connectivity index (χ2n) is 7.53. The summed E-state index contributed by atoms with van der Waals surface area (Å²) in [6, 6.07) is 1.81. The Morgan fingerprint density at radius 2 is 2.15 bits per heavy atom. The van der Waals surface area contributed by atoms with Gasteiger partial charge in [0.05, 0.1) is 29.5 Å². The number of pyridine rings is 1. The lowest BCUT2D eigenvalue weighted by Crippen LogP contribution is -2.49. The van der Waals surface area contributed by atoms with Crippen LogP contribution >= 0.6 is 0 Å². The quantitative estimate of drug-likeness (QED) is 0.869. The molecule has 26 heavy (non-hydrogen) atoms. The van der Waals surface area contributed by atoms with Gasteiger partial charge >= 0.3 is 0 Å². The lowest BCUT2D eigenvalue weighted by atomic mass is 9.73. The van der Waals surface area contributed by atoms with Gasteiger partial charge in [0.1, 0.15) is 0 Å². The number of likely N-dealkylation sites (tertiary alicyclic amines) is 1. The van der Waals surface area contributed by atoms with Crippen LogP contribution in [0.5, 0.6) is 0 Å². The number of anilines is 1. The van der Waals surface area contributed by atoms with Gasteiger partial charge in [0.15, 0.2) is 0 Å². The summed E-state index contributed by atoms with van der Waals surface area (Å²) in [6.07, 6.45) is 6.42. The van der Waals surface area contributed by atoms with E-state index in [1.807, 2.05) is 4.90 Å². The first-order chi connectivity index (χ1) is 12.7. The number of nitrogens with zero attached hydrogens (tertiary/aromatic N) is 3. The van der Waals surface area contributed by atoms with Gasteiger partial charge in [-0.2, -0.15) is 0 Å². The van der Waals surface area contributed by atoms with Crippen molar-refractivity contribution >= 4 is 17.5 Å². The Bertz CT molecular complexity index is 704. The zero-order valence-electron chi connectivity index (χ0n) is 15.2. The van der Waals surface area contributed by atoms with Crippen LogP contribution in [0.4, 0.5) is 5.69 Å². The van der Waals surface area contributed by atoms with Crippen LogP contribution in [0.3, 0.4) is 0 Å². The van der Waals surface area contributed by atoms with Crippen molar-refractivity contribution in [2.45, 2.75) is 19.3 Å². The number of fused-ring (bicyclic) bond motifs is 1. The molecule has 7 nitrogen and oxygen atoms in total. The maximum Gasteiger partial charge on any atom is 0.256 e. The summed E-state index contributed by atoms with van der Waals surface area (Å²) in [4.78, 5) is 34.3. The molecule has 140 valence electrons. The third-order valence-corrected chi connectivity index (χ3v) is 6.15. The summed E-state index contributed by atoms with van der Waals surface area (Å²) in [6.45, 7) is 4.05. The molecule has 0 aromatic carbocycles. The molecule has 1 N–H and O–H groups in total. The SMILES string of the molecule is CNC(=O)[C@]12CCOC[C@H]1CN(C(=O)c1ccncc1N1CCCC1)C2. The van der Waals surface area contributed by atoms with Crippen molar-refractivity contribution in [1.29, 1.82) is 0 Å². The Morgan fingerprint density at radius 3 is 2.92 bits per heavy atom. The Balaban J connectivity index is 1.61. The molecule has 4 rings (SSSR count). The topological polar surface area (TPSA) is 74.8 Å². The van der Waals surface area contributed by atoms with E-state index in [0.29, 0.717) is 38.3 Å². The highest BCUT2D eigenvalue weighted by Gasteiger charge is 2.54. The number of hydrogen-bond acceptors (Lipinski definition) is 5. The van der Waals surface area contributed by atoms with Gasteiger partial charge in [-0.25, -0.2) is 0 Å². The van der Waals surface area contributed by atoms with Gasteiger partial charge in [0.2, 0.25) is 5.91 Å². The van der Waals surface area contributed by atoms with E-state index >= 15 is 0 Å². The third-order valence-electron chi connectivity index (χ3n) is 6.15. The summed E-state index contributed by atoms with van der Waals surface area (Å²) in [5.41, 5.74) is 1.08. The molecule has 0 saturated carbocycles. The summed E-state index contributed by atoms with van der Waals surface area (Å²) in [5.74, 6) is 0.0693. The van der Waals surface area contributed by atoms with E-state index < -0.39 is 5.41 Å². The lowest BCUT2D eigenvalue weighted by Gasteiger charge is -2.36. The van der Waals surface area contributed by atoms with Crippen LogP contribution in [-0.4, -0.2) is 68.1 Å². The van der Waals surface area contributed by atoms with Crippen LogP contribution in [0.15, 0.2) is 18.5 Å². The Hall–Kier alpha value is -2.15. The molecule has 2 amide bonds. The number of carbonyl (C=O) groups is 2. The Morgan fingerprint density at radius 1 is 1.35 bits per heavy atom. The first kappa shape index (κ1) is 17.3. The molecule has 0 aliphatic carbocycles. The van der Waals surface area contributed by atoms with Gasteiger partial charge in [-0.05, 0) is 25.3 Å². The summed E-state index contributed by atoms with van der Waals surface area (Å²) >= 11 is 0. The maximum absolute atomic E-state index is 13.3. The smallest absolute Gasteiger partial charge is 0.256 e. The molecule has 0 radical (unpaired) electrons. The average Bonchev–Trinajstić information content (AvgIpc) is 3.35. The molecule has 3 saturated heterocycles. The van der Waals surface area contributed by atoms with Crippen molar-refractivity contribution in [2.24, 2.45) is 11.3 Å². The van der Waals surface area contributed by atoms with Crippen molar-refractivity contribution in [1.82, 2.24) is 15.2 Å². The van der Waals surface area contributed by atoms with Crippen LogP contribution in [0.2, 0.25) is 0 Å². The molecule has 0 bridgehead atoms. The zero-order chi connectivity index (χ0) is 18.1. The van der Waals surface area contributed by atoms with Crippen LogP contribution in [-0.2, 0) is 9.53 Å². The number of aromatic nitrogens is 1. The highest BCUT2D eigenvalue weighted by atomic mass is 16.5. The second-order valence-corrected chi connectivity index (χ2v) is 7.53. The van der Waals surface area contributed by atoms with Gasteiger partial charge in [-0.1, -0.05) is 0 Å². The second kappa shape index (κ2) is 6.87. The molecule has 0 spiro atoms. The lowest BCUT2D eigenvalue weighted by molar-refractivity contribution is -0.138. The molecule has 0 unspecified atom stereocenters. The highest BCUT2D eigenvalue weighted by molar-refractivity contribution is 6.00. The molecule has 7 heteroatoms. The van der Waals surface area contributed by atoms with Gasteiger partial charge in [0, 0.05) is 51.9 Å². The minimum atomic E-state index is -0.524. The van der Waals surface area contributed by atoms with Crippen molar-refractivity contribution < 1.29 is 14.3 Å². The number of rotatable bonds is 3. The molecule has 1 aromatic heterocycles. The van der Waals surface area contributed by atoms with Crippen molar-refractivity contribution in [3.05, 3.63) is 24.0 Å². The molecule has 4 heterocycles. The summed E-state index contributed by atoms with van der Waals surface area (Å²) in [7, 11) is 1.67. The van der Waals surface area contributed by atoms with E-state index in [2.05, 4.69) is 15.2 Å². The minimum Gasteiger partial charge on any atom is -0.381 e. The number of carbonyl (C=O) groups excluding carboxylic acids is 2. The Kier molecular flexibility index (Phi) is 4.56. The average molecular weight is 358 g/mol. The normalized spacial score (nSPS) is 28.1.